The normalized spacial score (nSPS) is 12.8. The zero-order chi connectivity index (χ0) is 16.6. The molecule has 3 aromatic rings. The standard InChI is InChI=1S/C18H20N2O3/c1-4-8-23-11(3)12-6-5-7-13-16(12)15-10(2)17(18(21)22)19-9-14(15)20-13/h5-7,9,11,20H,4,8H2,1-3H3,(H,21,22). The molecule has 0 aliphatic rings. The molecule has 5 nitrogen and oxygen atoms in total. The van der Waals surface area contributed by atoms with Crippen molar-refractivity contribution in [3.05, 3.63) is 41.2 Å². The van der Waals surface area contributed by atoms with Gasteiger partial charge in [0.05, 0.1) is 17.8 Å². The molecule has 1 atom stereocenters. The lowest BCUT2D eigenvalue weighted by Gasteiger charge is -2.15. The van der Waals surface area contributed by atoms with E-state index in [2.05, 4.69) is 16.9 Å². The Morgan fingerprint density at radius 3 is 2.83 bits per heavy atom. The molecule has 0 fully saturated rings. The van der Waals surface area contributed by atoms with Gasteiger partial charge in [0.15, 0.2) is 5.69 Å². The fraction of sp³-hybridized carbons (Fsp3) is 0.333. The molecule has 2 heterocycles. The van der Waals surface area contributed by atoms with Crippen molar-refractivity contribution >= 4 is 27.8 Å². The summed E-state index contributed by atoms with van der Waals surface area (Å²) in [5, 5.41) is 11.3. The van der Waals surface area contributed by atoms with Crippen LogP contribution in [0.3, 0.4) is 0 Å². The van der Waals surface area contributed by atoms with Crippen LogP contribution in [0.2, 0.25) is 0 Å². The van der Waals surface area contributed by atoms with E-state index >= 15 is 0 Å². The van der Waals surface area contributed by atoms with E-state index in [1.54, 1.807) is 13.1 Å². The smallest absolute Gasteiger partial charge is 0.354 e. The summed E-state index contributed by atoms with van der Waals surface area (Å²) in [6.07, 6.45) is 2.49. The van der Waals surface area contributed by atoms with Crippen molar-refractivity contribution < 1.29 is 14.6 Å². The third kappa shape index (κ3) is 2.57. The first kappa shape index (κ1) is 15.5. The number of aromatic carboxylic acids is 1. The van der Waals surface area contributed by atoms with Gasteiger partial charge in [0.25, 0.3) is 0 Å². The molecule has 2 aromatic heterocycles. The topological polar surface area (TPSA) is 75.2 Å². The fourth-order valence-electron chi connectivity index (χ4n) is 3.07. The van der Waals surface area contributed by atoms with Gasteiger partial charge in [-0.05, 0) is 37.5 Å². The van der Waals surface area contributed by atoms with E-state index in [-0.39, 0.29) is 11.8 Å². The molecule has 1 unspecified atom stereocenters. The Bertz CT molecular complexity index is 883. The molecular weight excluding hydrogens is 292 g/mol. The van der Waals surface area contributed by atoms with Crippen molar-refractivity contribution in [2.45, 2.75) is 33.3 Å². The van der Waals surface area contributed by atoms with Crippen LogP contribution in [0.15, 0.2) is 24.4 Å². The second kappa shape index (κ2) is 6.01. The Balaban J connectivity index is 2.30. The summed E-state index contributed by atoms with van der Waals surface area (Å²) in [6.45, 7) is 6.60. The minimum Gasteiger partial charge on any atom is -0.477 e. The van der Waals surface area contributed by atoms with Crippen LogP contribution in [0.1, 0.15) is 48.0 Å². The van der Waals surface area contributed by atoms with Crippen LogP contribution in [0, 0.1) is 6.92 Å². The van der Waals surface area contributed by atoms with Crippen LogP contribution < -0.4 is 0 Å². The van der Waals surface area contributed by atoms with E-state index in [1.807, 2.05) is 25.1 Å². The number of carbonyl (C=O) groups is 1. The number of aromatic nitrogens is 2. The predicted octanol–water partition coefficient (Wildman–Crippen LogP) is 4.21. The van der Waals surface area contributed by atoms with E-state index in [4.69, 9.17) is 4.74 Å². The van der Waals surface area contributed by atoms with Crippen molar-refractivity contribution in [1.82, 2.24) is 9.97 Å². The van der Waals surface area contributed by atoms with E-state index in [1.165, 1.54) is 0 Å². The van der Waals surface area contributed by atoms with Crippen molar-refractivity contribution in [3.63, 3.8) is 0 Å². The number of carboxylic acid groups (broad SMARTS) is 1. The molecule has 120 valence electrons. The summed E-state index contributed by atoms with van der Waals surface area (Å²) in [5.41, 5.74) is 3.65. The highest BCUT2D eigenvalue weighted by Crippen LogP contribution is 2.35. The lowest BCUT2D eigenvalue weighted by atomic mass is 10.00. The third-order valence-corrected chi connectivity index (χ3v) is 4.15. The average Bonchev–Trinajstić information content (AvgIpc) is 2.91. The monoisotopic (exact) mass is 312 g/mol. The SMILES string of the molecule is CCCOC(C)c1cccc2[nH]c3cnc(C(=O)O)c(C)c3c12. The molecule has 0 spiro atoms. The van der Waals surface area contributed by atoms with Gasteiger partial charge >= 0.3 is 5.97 Å². The summed E-state index contributed by atoms with van der Waals surface area (Å²) in [7, 11) is 0. The maximum Gasteiger partial charge on any atom is 0.354 e. The number of carboxylic acids is 1. The number of benzene rings is 1. The van der Waals surface area contributed by atoms with E-state index in [0.717, 1.165) is 33.8 Å². The molecule has 0 radical (unpaired) electrons. The maximum absolute atomic E-state index is 11.4. The molecule has 0 aliphatic heterocycles. The number of hydrogen-bond acceptors (Lipinski definition) is 3. The molecule has 0 bridgehead atoms. The van der Waals surface area contributed by atoms with E-state index in [9.17, 15) is 9.90 Å². The van der Waals surface area contributed by atoms with Crippen LogP contribution in [0.5, 0.6) is 0 Å². The Labute approximate surface area is 134 Å². The molecule has 0 aliphatic carbocycles. The molecule has 0 saturated heterocycles. The van der Waals surface area contributed by atoms with Gasteiger partial charge in [-0.2, -0.15) is 0 Å². The van der Waals surface area contributed by atoms with Gasteiger partial charge in [0.1, 0.15) is 0 Å². The summed E-state index contributed by atoms with van der Waals surface area (Å²) in [5.74, 6) is -1.01. The zero-order valence-electron chi connectivity index (χ0n) is 13.5. The molecular formula is C18H20N2O3. The quantitative estimate of drug-likeness (QED) is 0.740. The number of nitrogens with one attached hydrogen (secondary N) is 1. The first-order valence-corrected chi connectivity index (χ1v) is 7.79. The minimum absolute atomic E-state index is 0.0570. The fourth-order valence-corrected chi connectivity index (χ4v) is 3.07. The largest absolute Gasteiger partial charge is 0.477 e. The first-order valence-electron chi connectivity index (χ1n) is 7.79. The van der Waals surface area contributed by atoms with Crippen molar-refractivity contribution in [2.75, 3.05) is 6.61 Å². The molecule has 5 heteroatoms. The van der Waals surface area contributed by atoms with Gasteiger partial charge in [0.2, 0.25) is 0 Å². The van der Waals surface area contributed by atoms with Gasteiger partial charge in [-0.25, -0.2) is 9.78 Å². The number of rotatable bonds is 5. The Morgan fingerprint density at radius 1 is 1.35 bits per heavy atom. The highest BCUT2D eigenvalue weighted by molar-refractivity contribution is 6.12. The number of H-pyrrole nitrogens is 1. The van der Waals surface area contributed by atoms with E-state index < -0.39 is 5.97 Å². The van der Waals surface area contributed by atoms with Crippen molar-refractivity contribution in [1.29, 1.82) is 0 Å². The highest BCUT2D eigenvalue weighted by Gasteiger charge is 2.19. The summed E-state index contributed by atoms with van der Waals surface area (Å²) >= 11 is 0. The van der Waals surface area contributed by atoms with E-state index in [0.29, 0.717) is 12.2 Å². The molecule has 3 rings (SSSR count). The van der Waals surface area contributed by atoms with Crippen LogP contribution in [0.4, 0.5) is 0 Å². The van der Waals surface area contributed by atoms with Gasteiger partial charge in [-0.1, -0.05) is 19.1 Å². The van der Waals surface area contributed by atoms with Crippen molar-refractivity contribution in [2.24, 2.45) is 0 Å². The molecule has 2 N–H and O–H groups in total. The third-order valence-electron chi connectivity index (χ3n) is 4.15. The van der Waals surface area contributed by atoms with Crippen LogP contribution >= 0.6 is 0 Å². The summed E-state index contributed by atoms with van der Waals surface area (Å²) in [4.78, 5) is 18.8. The Morgan fingerprint density at radius 2 is 2.13 bits per heavy atom. The van der Waals surface area contributed by atoms with Gasteiger partial charge in [-0.15, -0.1) is 0 Å². The molecule has 0 saturated carbocycles. The zero-order valence-corrected chi connectivity index (χ0v) is 13.5. The Kier molecular flexibility index (Phi) is 4.05. The van der Waals surface area contributed by atoms with Crippen LogP contribution in [-0.2, 0) is 4.74 Å². The highest BCUT2D eigenvalue weighted by atomic mass is 16.5. The predicted molar refractivity (Wildman–Crippen MR) is 90.0 cm³/mol. The maximum atomic E-state index is 11.4. The van der Waals surface area contributed by atoms with Crippen LogP contribution in [0.25, 0.3) is 21.8 Å². The second-order valence-electron chi connectivity index (χ2n) is 5.73. The number of nitrogens with zero attached hydrogens (tertiary/aromatic N) is 1. The van der Waals surface area contributed by atoms with Crippen molar-refractivity contribution in [3.8, 4) is 0 Å². The molecule has 23 heavy (non-hydrogen) atoms. The first-order chi connectivity index (χ1) is 11.0. The summed E-state index contributed by atoms with van der Waals surface area (Å²) < 4.78 is 5.88. The number of pyridine rings is 1. The molecule has 1 aromatic carbocycles. The second-order valence-corrected chi connectivity index (χ2v) is 5.73. The lowest BCUT2D eigenvalue weighted by Crippen LogP contribution is -2.04. The van der Waals surface area contributed by atoms with Gasteiger partial charge in [0, 0.05) is 22.9 Å². The average molecular weight is 312 g/mol. The Hall–Kier alpha value is -2.40. The van der Waals surface area contributed by atoms with Gasteiger partial charge in [-0.3, -0.25) is 0 Å². The summed E-state index contributed by atoms with van der Waals surface area (Å²) in [6, 6.07) is 6.02. The minimum atomic E-state index is -1.01. The van der Waals surface area contributed by atoms with Gasteiger partial charge < -0.3 is 14.8 Å². The number of hydrogen-bond donors (Lipinski definition) is 2. The number of ether oxygens (including phenoxy) is 1. The lowest BCUT2D eigenvalue weighted by molar-refractivity contribution is 0.0672. The molecule has 0 amide bonds. The number of aryl methyl sites for hydroxylation is 1. The number of fused-ring (bicyclic) bond motifs is 3. The van der Waals surface area contributed by atoms with Crippen LogP contribution in [-0.4, -0.2) is 27.7 Å². The number of aromatic amines is 1.